The highest BCUT2D eigenvalue weighted by Crippen LogP contribution is 2.28. The first-order chi connectivity index (χ1) is 9.97. The van der Waals surface area contributed by atoms with Crippen LogP contribution in [0.1, 0.15) is 45.2 Å². The molecular weight excluding hydrogens is 268 g/mol. The van der Waals surface area contributed by atoms with Crippen molar-refractivity contribution in [1.29, 1.82) is 0 Å². The topological polar surface area (TPSA) is 70.6 Å². The van der Waals surface area contributed by atoms with Crippen LogP contribution in [-0.2, 0) is 4.79 Å². The quantitative estimate of drug-likeness (QED) is 0.688. The Morgan fingerprint density at radius 1 is 1.38 bits per heavy atom. The summed E-state index contributed by atoms with van der Waals surface area (Å²) in [6.07, 6.45) is 1.34. The first-order valence-electron chi connectivity index (χ1n) is 7.37. The number of hydrogen-bond donors (Lipinski definition) is 3. The zero-order chi connectivity index (χ0) is 15.8. The van der Waals surface area contributed by atoms with Gasteiger partial charge >= 0.3 is 0 Å². The molecular formula is C16H26N2O3. The molecule has 0 aliphatic heterocycles. The molecule has 0 radical (unpaired) electrons. The number of carbonyl (C=O) groups excluding carboxylic acids is 1. The molecule has 3 N–H and O–H groups in total. The van der Waals surface area contributed by atoms with Gasteiger partial charge in [-0.3, -0.25) is 4.79 Å². The van der Waals surface area contributed by atoms with E-state index in [0.29, 0.717) is 18.7 Å². The largest absolute Gasteiger partial charge is 0.508 e. The second kappa shape index (κ2) is 8.52. The van der Waals surface area contributed by atoms with Crippen molar-refractivity contribution in [3.63, 3.8) is 0 Å². The number of phenols is 1. The van der Waals surface area contributed by atoms with Crippen molar-refractivity contribution in [2.45, 2.75) is 45.7 Å². The first kappa shape index (κ1) is 17.3. The van der Waals surface area contributed by atoms with Gasteiger partial charge in [0.05, 0.1) is 7.11 Å². The molecule has 1 amide bonds. The lowest BCUT2D eigenvalue weighted by atomic mass is 10.1. The predicted octanol–water partition coefficient (Wildman–Crippen LogP) is 2.36. The summed E-state index contributed by atoms with van der Waals surface area (Å²) in [7, 11) is 1.59. The molecule has 1 aromatic carbocycles. The van der Waals surface area contributed by atoms with Gasteiger partial charge in [0, 0.05) is 30.6 Å². The molecule has 0 spiro atoms. The van der Waals surface area contributed by atoms with Crippen LogP contribution < -0.4 is 15.4 Å². The van der Waals surface area contributed by atoms with E-state index in [1.54, 1.807) is 25.3 Å². The average Bonchev–Trinajstić information content (AvgIpc) is 2.47. The van der Waals surface area contributed by atoms with Gasteiger partial charge in [-0.25, -0.2) is 0 Å². The van der Waals surface area contributed by atoms with E-state index in [4.69, 9.17) is 4.74 Å². The molecule has 0 fully saturated rings. The maximum Gasteiger partial charge on any atom is 0.221 e. The smallest absolute Gasteiger partial charge is 0.221 e. The number of hydrogen-bond acceptors (Lipinski definition) is 4. The maximum absolute atomic E-state index is 11.7. The van der Waals surface area contributed by atoms with Crippen molar-refractivity contribution in [3.8, 4) is 11.5 Å². The van der Waals surface area contributed by atoms with Crippen molar-refractivity contribution in [2.75, 3.05) is 13.7 Å². The molecule has 118 valence electrons. The zero-order valence-electron chi connectivity index (χ0n) is 13.3. The van der Waals surface area contributed by atoms with Crippen LogP contribution in [-0.4, -0.2) is 30.7 Å². The highest BCUT2D eigenvalue weighted by Gasteiger charge is 2.12. The Morgan fingerprint density at radius 3 is 2.71 bits per heavy atom. The van der Waals surface area contributed by atoms with E-state index in [9.17, 15) is 9.90 Å². The summed E-state index contributed by atoms with van der Waals surface area (Å²) in [5, 5.41) is 16.0. The molecule has 1 aromatic rings. The van der Waals surface area contributed by atoms with E-state index in [1.807, 2.05) is 20.8 Å². The van der Waals surface area contributed by atoms with Crippen molar-refractivity contribution >= 4 is 5.91 Å². The summed E-state index contributed by atoms with van der Waals surface area (Å²) in [6.45, 7) is 6.53. The zero-order valence-corrected chi connectivity index (χ0v) is 13.3. The van der Waals surface area contributed by atoms with Crippen LogP contribution in [0.3, 0.4) is 0 Å². The third kappa shape index (κ3) is 5.63. The average molecular weight is 294 g/mol. The van der Waals surface area contributed by atoms with Crippen molar-refractivity contribution in [1.82, 2.24) is 10.6 Å². The van der Waals surface area contributed by atoms with Crippen molar-refractivity contribution in [3.05, 3.63) is 23.8 Å². The molecule has 5 heteroatoms. The number of nitrogens with one attached hydrogen (secondary N) is 2. The van der Waals surface area contributed by atoms with E-state index >= 15 is 0 Å². The summed E-state index contributed by atoms with van der Waals surface area (Å²) >= 11 is 0. The van der Waals surface area contributed by atoms with E-state index in [-0.39, 0.29) is 23.7 Å². The third-order valence-corrected chi connectivity index (χ3v) is 3.52. The number of aromatic hydroxyl groups is 1. The minimum atomic E-state index is -0.0588. The van der Waals surface area contributed by atoms with E-state index < -0.39 is 0 Å². The molecule has 1 rings (SSSR count). The van der Waals surface area contributed by atoms with Gasteiger partial charge in [0.15, 0.2) is 0 Å². The van der Waals surface area contributed by atoms with Crippen molar-refractivity contribution < 1.29 is 14.6 Å². The van der Waals surface area contributed by atoms with Crippen LogP contribution >= 0.6 is 0 Å². The summed E-state index contributed by atoms with van der Waals surface area (Å²) < 4.78 is 5.16. The highest BCUT2D eigenvalue weighted by atomic mass is 16.5. The molecule has 0 bridgehead atoms. The Bertz CT molecular complexity index is 463. The lowest BCUT2D eigenvalue weighted by Gasteiger charge is -2.17. The molecule has 0 heterocycles. The van der Waals surface area contributed by atoms with Crippen molar-refractivity contribution in [2.24, 2.45) is 0 Å². The number of methoxy groups -OCH3 is 1. The van der Waals surface area contributed by atoms with Gasteiger partial charge in [-0.2, -0.15) is 0 Å². The number of benzene rings is 1. The van der Waals surface area contributed by atoms with Gasteiger partial charge in [-0.05, 0) is 38.5 Å². The lowest BCUT2D eigenvalue weighted by Crippen LogP contribution is -2.34. The van der Waals surface area contributed by atoms with E-state index in [1.165, 1.54) is 0 Å². The molecule has 2 unspecified atom stereocenters. The summed E-state index contributed by atoms with van der Waals surface area (Å²) in [4.78, 5) is 11.7. The Hall–Kier alpha value is -1.75. The van der Waals surface area contributed by atoms with Crippen LogP contribution in [0.2, 0.25) is 0 Å². The van der Waals surface area contributed by atoms with Gasteiger partial charge in [-0.1, -0.05) is 6.92 Å². The number of ether oxygens (including phenoxy) is 1. The van der Waals surface area contributed by atoms with Gasteiger partial charge in [-0.15, -0.1) is 0 Å². The standard InChI is InChI=1S/C16H26N2O3/c1-5-11(2)18-16(20)8-9-17-12(3)14-10-13(21-4)6-7-15(14)19/h6-7,10-12,17,19H,5,8-9H2,1-4H3,(H,18,20). The molecule has 0 aliphatic carbocycles. The van der Waals surface area contributed by atoms with Crippen LogP contribution in [0.25, 0.3) is 0 Å². The number of amides is 1. The van der Waals surface area contributed by atoms with E-state index in [2.05, 4.69) is 10.6 Å². The Labute approximate surface area is 126 Å². The molecule has 2 atom stereocenters. The highest BCUT2D eigenvalue weighted by molar-refractivity contribution is 5.76. The molecule has 0 aromatic heterocycles. The first-order valence-corrected chi connectivity index (χ1v) is 7.37. The van der Waals surface area contributed by atoms with Gasteiger partial charge < -0.3 is 20.5 Å². The molecule has 0 saturated carbocycles. The Kier molecular flexibility index (Phi) is 7.02. The monoisotopic (exact) mass is 294 g/mol. The maximum atomic E-state index is 11.7. The van der Waals surface area contributed by atoms with Crippen LogP contribution in [0.15, 0.2) is 18.2 Å². The SMILES string of the molecule is CCC(C)NC(=O)CCNC(C)c1cc(OC)ccc1O. The summed E-state index contributed by atoms with van der Waals surface area (Å²) in [5.74, 6) is 0.963. The van der Waals surface area contributed by atoms with Crippen LogP contribution in [0.4, 0.5) is 0 Å². The Morgan fingerprint density at radius 2 is 2.10 bits per heavy atom. The van der Waals surface area contributed by atoms with Crippen LogP contribution in [0, 0.1) is 0 Å². The molecule has 0 aliphatic rings. The molecule has 5 nitrogen and oxygen atoms in total. The lowest BCUT2D eigenvalue weighted by molar-refractivity contribution is -0.121. The Balaban J connectivity index is 2.47. The fourth-order valence-corrected chi connectivity index (χ4v) is 1.97. The predicted molar refractivity (Wildman–Crippen MR) is 83.6 cm³/mol. The number of phenolic OH excluding ortho intramolecular Hbond substituents is 1. The minimum Gasteiger partial charge on any atom is -0.508 e. The number of carbonyl (C=O) groups is 1. The summed E-state index contributed by atoms with van der Waals surface area (Å²) in [5.41, 5.74) is 0.761. The number of rotatable bonds is 8. The third-order valence-electron chi connectivity index (χ3n) is 3.52. The molecule has 0 saturated heterocycles. The normalized spacial score (nSPS) is 13.5. The summed E-state index contributed by atoms with van der Waals surface area (Å²) in [6, 6.07) is 5.27. The van der Waals surface area contributed by atoms with Gasteiger partial charge in [0.2, 0.25) is 5.91 Å². The van der Waals surface area contributed by atoms with Gasteiger partial charge in [0.1, 0.15) is 11.5 Å². The second-order valence-corrected chi connectivity index (χ2v) is 5.23. The fraction of sp³-hybridized carbons (Fsp3) is 0.562. The fourth-order valence-electron chi connectivity index (χ4n) is 1.97. The van der Waals surface area contributed by atoms with E-state index in [0.717, 1.165) is 12.0 Å². The van der Waals surface area contributed by atoms with Gasteiger partial charge in [0.25, 0.3) is 0 Å². The molecule has 21 heavy (non-hydrogen) atoms. The van der Waals surface area contributed by atoms with Crippen LogP contribution in [0.5, 0.6) is 11.5 Å². The minimum absolute atomic E-state index is 0.0407. The second-order valence-electron chi connectivity index (χ2n) is 5.23.